The molecule has 2 aliphatic rings. The number of aliphatic hydroxyl groups excluding tert-OH is 8. The zero-order valence-electron chi connectivity index (χ0n) is 22.3. The predicted octanol–water partition coefficient (Wildman–Crippen LogP) is -2.34. The monoisotopic (exact) mass is 584 g/mol. The van der Waals surface area contributed by atoms with Crippen LogP contribution in [0.25, 0.3) is 0 Å². The van der Waals surface area contributed by atoms with Crippen LogP contribution in [0.15, 0.2) is 24.3 Å². The highest BCUT2D eigenvalue weighted by Gasteiger charge is 2.46. The Morgan fingerprint density at radius 2 is 0.951 bits per heavy atom. The standard InChI is InChI=1S/C27H36O14/c1-10-3-14(30)12(16(5-10)38-26-24(36)22(34)20(32)18(8-28)40-26)7-13-15(31)4-11(2)6-17(13)39-27-25(37)23(35)21(33)19(9-29)41-27/h3-6,18-37H,7-9H2,1-2H3/t18-,19-,20-,21-,22+,23+,24-,25-,26-,27-/m1/s1. The highest BCUT2D eigenvalue weighted by molar-refractivity contribution is 5.55. The molecule has 0 amide bonds. The minimum absolute atomic E-state index is 0.0226. The number of aromatic hydroxyl groups is 2. The van der Waals surface area contributed by atoms with Crippen LogP contribution in [-0.2, 0) is 15.9 Å². The third-order valence-electron chi connectivity index (χ3n) is 7.20. The Balaban J connectivity index is 1.68. The fraction of sp³-hybridized carbons (Fsp3) is 0.556. The van der Waals surface area contributed by atoms with Crippen LogP contribution in [0.4, 0.5) is 0 Å². The quantitative estimate of drug-likeness (QED) is 0.157. The maximum absolute atomic E-state index is 10.9. The van der Waals surface area contributed by atoms with E-state index in [0.717, 1.165) is 0 Å². The molecule has 10 atom stereocenters. The summed E-state index contributed by atoms with van der Waals surface area (Å²) in [5, 5.41) is 102. The molecular formula is C27H36O14. The summed E-state index contributed by atoms with van der Waals surface area (Å²) in [4.78, 5) is 0. The highest BCUT2D eigenvalue weighted by atomic mass is 16.7. The van der Waals surface area contributed by atoms with E-state index in [4.69, 9.17) is 18.9 Å². The van der Waals surface area contributed by atoms with Crippen molar-refractivity contribution in [3.05, 3.63) is 46.5 Å². The number of aryl methyl sites for hydroxylation is 2. The molecule has 14 heteroatoms. The van der Waals surface area contributed by atoms with Crippen molar-refractivity contribution in [3.8, 4) is 23.0 Å². The molecule has 0 spiro atoms. The average Bonchev–Trinajstić information content (AvgIpc) is 2.92. The van der Waals surface area contributed by atoms with Gasteiger partial charge >= 0.3 is 0 Å². The zero-order valence-corrected chi connectivity index (χ0v) is 22.3. The lowest BCUT2D eigenvalue weighted by Gasteiger charge is -2.40. The number of phenolic OH excluding ortho intramolecular Hbond substituents is 2. The molecule has 41 heavy (non-hydrogen) atoms. The van der Waals surface area contributed by atoms with Crippen molar-refractivity contribution >= 4 is 0 Å². The van der Waals surface area contributed by atoms with E-state index in [1.165, 1.54) is 24.3 Å². The summed E-state index contributed by atoms with van der Waals surface area (Å²) >= 11 is 0. The van der Waals surface area contributed by atoms with Gasteiger partial charge in [-0.3, -0.25) is 0 Å². The maximum atomic E-state index is 10.9. The topological polar surface area (TPSA) is 239 Å². The van der Waals surface area contributed by atoms with Crippen LogP contribution in [0, 0.1) is 13.8 Å². The first kappa shape index (κ1) is 31.2. The van der Waals surface area contributed by atoms with E-state index in [1.54, 1.807) is 13.8 Å². The normalized spacial score (nSPS) is 33.9. The minimum atomic E-state index is -1.72. The Kier molecular flexibility index (Phi) is 9.60. The third kappa shape index (κ3) is 6.36. The molecule has 0 saturated carbocycles. The number of benzene rings is 2. The molecule has 0 aliphatic carbocycles. The van der Waals surface area contributed by atoms with Crippen LogP contribution in [0.2, 0.25) is 0 Å². The molecule has 2 aromatic rings. The first-order chi connectivity index (χ1) is 19.4. The van der Waals surface area contributed by atoms with Crippen LogP contribution >= 0.6 is 0 Å². The molecule has 2 fully saturated rings. The van der Waals surface area contributed by atoms with E-state index in [9.17, 15) is 51.1 Å². The average molecular weight is 585 g/mol. The second kappa shape index (κ2) is 12.6. The van der Waals surface area contributed by atoms with Gasteiger partial charge in [-0.05, 0) is 49.2 Å². The SMILES string of the molecule is Cc1cc(O)c(Cc2c(O)cc(C)cc2O[C@@H]2O[C@H](CO)[C@@H](O)[C@H](O)[C@H]2O)c(O[C@@H]2O[C@H](CO)[C@@H](O)[C@H](O)[C@H]2O)c1. The predicted molar refractivity (Wildman–Crippen MR) is 137 cm³/mol. The molecule has 0 aromatic heterocycles. The summed E-state index contributed by atoms with van der Waals surface area (Å²) in [6, 6.07) is 5.83. The van der Waals surface area contributed by atoms with Crippen molar-refractivity contribution < 1.29 is 70.0 Å². The van der Waals surface area contributed by atoms with Crippen LogP contribution in [0.5, 0.6) is 23.0 Å². The van der Waals surface area contributed by atoms with E-state index in [-0.39, 0.29) is 40.5 Å². The van der Waals surface area contributed by atoms with Gasteiger partial charge in [0.1, 0.15) is 71.8 Å². The van der Waals surface area contributed by atoms with Gasteiger partial charge < -0.3 is 70.0 Å². The van der Waals surface area contributed by atoms with Gasteiger partial charge in [-0.2, -0.15) is 0 Å². The van der Waals surface area contributed by atoms with E-state index >= 15 is 0 Å². The number of ether oxygens (including phenoxy) is 4. The number of rotatable bonds is 8. The van der Waals surface area contributed by atoms with Gasteiger partial charge in [0.05, 0.1) is 13.2 Å². The largest absolute Gasteiger partial charge is 0.508 e. The third-order valence-corrected chi connectivity index (χ3v) is 7.20. The minimum Gasteiger partial charge on any atom is -0.508 e. The van der Waals surface area contributed by atoms with Gasteiger partial charge in [0, 0.05) is 17.5 Å². The molecule has 2 aliphatic heterocycles. The summed E-state index contributed by atoms with van der Waals surface area (Å²) in [6.07, 6.45) is -15.9. The molecule has 4 rings (SSSR count). The fourth-order valence-corrected chi connectivity index (χ4v) is 4.85. The van der Waals surface area contributed by atoms with Crippen molar-refractivity contribution in [2.45, 2.75) is 81.7 Å². The molecule has 0 unspecified atom stereocenters. The van der Waals surface area contributed by atoms with E-state index in [2.05, 4.69) is 0 Å². The van der Waals surface area contributed by atoms with E-state index < -0.39 is 74.6 Å². The van der Waals surface area contributed by atoms with Gasteiger partial charge in [0.25, 0.3) is 0 Å². The first-order valence-corrected chi connectivity index (χ1v) is 13.0. The molecule has 2 saturated heterocycles. The molecular weight excluding hydrogens is 548 g/mol. The number of phenols is 2. The number of hydrogen-bond acceptors (Lipinski definition) is 14. The number of aliphatic hydroxyl groups is 8. The molecule has 0 bridgehead atoms. The van der Waals surface area contributed by atoms with Gasteiger partial charge in [0.15, 0.2) is 0 Å². The Morgan fingerprint density at radius 3 is 1.29 bits per heavy atom. The molecule has 2 heterocycles. The van der Waals surface area contributed by atoms with Gasteiger partial charge in [-0.1, -0.05) is 0 Å². The summed E-state index contributed by atoms with van der Waals surface area (Å²) in [5.41, 5.74) is 1.25. The fourth-order valence-electron chi connectivity index (χ4n) is 4.85. The lowest BCUT2D eigenvalue weighted by Crippen LogP contribution is -2.60. The summed E-state index contributed by atoms with van der Waals surface area (Å²) < 4.78 is 22.5. The van der Waals surface area contributed by atoms with Gasteiger partial charge in [-0.25, -0.2) is 0 Å². The molecule has 0 radical (unpaired) electrons. The highest BCUT2D eigenvalue weighted by Crippen LogP contribution is 2.40. The Labute approximate surface area is 234 Å². The van der Waals surface area contributed by atoms with Crippen molar-refractivity contribution in [2.24, 2.45) is 0 Å². The Bertz CT molecular complexity index is 1110. The smallest absolute Gasteiger partial charge is 0.229 e. The summed E-state index contributed by atoms with van der Waals surface area (Å²) in [5.74, 6) is -0.595. The van der Waals surface area contributed by atoms with Crippen molar-refractivity contribution in [3.63, 3.8) is 0 Å². The van der Waals surface area contributed by atoms with Crippen LogP contribution < -0.4 is 9.47 Å². The van der Waals surface area contributed by atoms with Crippen LogP contribution in [-0.4, -0.2) is 126 Å². The molecule has 10 N–H and O–H groups in total. The summed E-state index contributed by atoms with van der Waals surface area (Å²) in [6.45, 7) is 1.96. The maximum Gasteiger partial charge on any atom is 0.229 e. The van der Waals surface area contributed by atoms with Crippen LogP contribution in [0.3, 0.4) is 0 Å². The first-order valence-electron chi connectivity index (χ1n) is 13.0. The van der Waals surface area contributed by atoms with E-state index in [0.29, 0.717) is 11.1 Å². The van der Waals surface area contributed by atoms with Gasteiger partial charge in [0.2, 0.25) is 12.6 Å². The summed E-state index contributed by atoms with van der Waals surface area (Å²) in [7, 11) is 0. The van der Waals surface area contributed by atoms with E-state index in [1.807, 2.05) is 0 Å². The Hall–Kier alpha value is -2.76. The second-order valence-electron chi connectivity index (χ2n) is 10.3. The number of hydrogen-bond donors (Lipinski definition) is 10. The van der Waals surface area contributed by atoms with Crippen molar-refractivity contribution in [1.29, 1.82) is 0 Å². The zero-order chi connectivity index (χ0) is 30.2. The van der Waals surface area contributed by atoms with Crippen molar-refractivity contribution in [1.82, 2.24) is 0 Å². The lowest BCUT2D eigenvalue weighted by molar-refractivity contribution is -0.277. The Morgan fingerprint density at radius 1 is 0.585 bits per heavy atom. The lowest BCUT2D eigenvalue weighted by atomic mass is 9.97. The van der Waals surface area contributed by atoms with Crippen LogP contribution in [0.1, 0.15) is 22.3 Å². The molecule has 228 valence electrons. The second-order valence-corrected chi connectivity index (χ2v) is 10.3. The molecule has 14 nitrogen and oxygen atoms in total. The van der Waals surface area contributed by atoms with Gasteiger partial charge in [-0.15, -0.1) is 0 Å². The van der Waals surface area contributed by atoms with Crippen molar-refractivity contribution in [2.75, 3.05) is 13.2 Å². The molecule has 2 aromatic carbocycles.